The molecule has 1 aromatic rings. The third kappa shape index (κ3) is 7.72. The number of aromatic nitrogens is 2. The number of imidazole rings is 1. The minimum atomic E-state index is -1.13. The Bertz CT molecular complexity index is 437. The van der Waals surface area contributed by atoms with Gasteiger partial charge in [-0.3, -0.25) is 4.79 Å². The number of methoxy groups -OCH3 is 1. The first-order chi connectivity index (χ1) is 10.6. The van der Waals surface area contributed by atoms with E-state index in [9.17, 15) is 9.59 Å². The fourth-order valence-corrected chi connectivity index (χ4v) is 1.57. The van der Waals surface area contributed by atoms with Crippen molar-refractivity contribution in [3.63, 3.8) is 0 Å². The van der Waals surface area contributed by atoms with Gasteiger partial charge < -0.3 is 29.6 Å². The molecule has 0 saturated heterocycles. The van der Waals surface area contributed by atoms with E-state index in [-0.39, 0.29) is 19.6 Å². The molecule has 0 unspecified atom stereocenters. The summed E-state index contributed by atoms with van der Waals surface area (Å²) in [6.07, 6.45) is 3.13. The van der Waals surface area contributed by atoms with Crippen molar-refractivity contribution in [2.75, 3.05) is 40.1 Å². The summed E-state index contributed by atoms with van der Waals surface area (Å²) < 4.78 is 15.1. The van der Waals surface area contributed by atoms with Crippen molar-refractivity contribution in [1.82, 2.24) is 15.3 Å². The Morgan fingerprint density at radius 1 is 1.32 bits per heavy atom. The van der Waals surface area contributed by atoms with Crippen LogP contribution in [0.25, 0.3) is 0 Å². The second-order valence-electron chi connectivity index (χ2n) is 4.38. The standard InChI is InChI=1S/C13H21N3O6/c1-20-2-3-21-4-5-22-8-12(17)16-11(13(18)19)6-10-7-14-9-15-10/h7,9,11H,2-6,8H2,1H3,(H,14,15)(H,16,17)(H,18,19)/t11-/m0/s1. The maximum absolute atomic E-state index is 11.6. The lowest BCUT2D eigenvalue weighted by atomic mass is 10.1. The van der Waals surface area contributed by atoms with Crippen LogP contribution in [0.5, 0.6) is 0 Å². The summed E-state index contributed by atoms with van der Waals surface area (Å²) in [5.74, 6) is -1.63. The number of H-pyrrole nitrogens is 1. The van der Waals surface area contributed by atoms with E-state index in [0.29, 0.717) is 25.5 Å². The van der Waals surface area contributed by atoms with Crippen molar-refractivity contribution >= 4 is 11.9 Å². The number of rotatable bonds is 12. The molecule has 9 nitrogen and oxygen atoms in total. The minimum Gasteiger partial charge on any atom is -0.480 e. The number of ether oxygens (including phenoxy) is 3. The van der Waals surface area contributed by atoms with E-state index >= 15 is 0 Å². The largest absolute Gasteiger partial charge is 0.480 e. The molecular weight excluding hydrogens is 294 g/mol. The van der Waals surface area contributed by atoms with Crippen LogP contribution in [0.2, 0.25) is 0 Å². The minimum absolute atomic E-state index is 0.102. The Kier molecular flexibility index (Phi) is 8.80. The van der Waals surface area contributed by atoms with Crippen LogP contribution in [0.1, 0.15) is 5.69 Å². The summed E-state index contributed by atoms with van der Waals surface area (Å²) in [4.78, 5) is 29.4. The first-order valence-electron chi connectivity index (χ1n) is 6.77. The highest BCUT2D eigenvalue weighted by atomic mass is 16.5. The quantitative estimate of drug-likeness (QED) is 0.432. The van der Waals surface area contributed by atoms with Crippen LogP contribution in [0.4, 0.5) is 0 Å². The fourth-order valence-electron chi connectivity index (χ4n) is 1.57. The first kappa shape index (κ1) is 18.1. The molecule has 3 N–H and O–H groups in total. The summed E-state index contributed by atoms with van der Waals surface area (Å²) in [7, 11) is 1.58. The molecule has 0 bridgehead atoms. The number of hydrogen-bond donors (Lipinski definition) is 3. The molecular formula is C13H21N3O6. The van der Waals surface area contributed by atoms with Crippen LogP contribution >= 0.6 is 0 Å². The number of carboxylic acids is 1. The number of carbonyl (C=O) groups is 2. The van der Waals surface area contributed by atoms with E-state index in [4.69, 9.17) is 19.3 Å². The lowest BCUT2D eigenvalue weighted by molar-refractivity contribution is -0.142. The van der Waals surface area contributed by atoms with Gasteiger partial charge in [0.1, 0.15) is 12.6 Å². The molecule has 0 spiro atoms. The lowest BCUT2D eigenvalue weighted by Gasteiger charge is -2.13. The van der Waals surface area contributed by atoms with Gasteiger partial charge in [-0.1, -0.05) is 0 Å². The molecule has 1 amide bonds. The molecule has 0 fully saturated rings. The zero-order chi connectivity index (χ0) is 16.2. The van der Waals surface area contributed by atoms with Gasteiger partial charge in [-0.25, -0.2) is 9.78 Å². The van der Waals surface area contributed by atoms with Crippen LogP contribution in [0, 0.1) is 0 Å². The van der Waals surface area contributed by atoms with Crippen molar-refractivity contribution in [1.29, 1.82) is 0 Å². The predicted octanol–water partition coefficient (Wildman–Crippen LogP) is -0.799. The predicted molar refractivity (Wildman–Crippen MR) is 75.4 cm³/mol. The van der Waals surface area contributed by atoms with Crippen LogP contribution in [0.3, 0.4) is 0 Å². The molecule has 0 radical (unpaired) electrons. The van der Waals surface area contributed by atoms with Crippen molar-refractivity contribution < 1.29 is 28.9 Å². The Labute approximate surface area is 128 Å². The van der Waals surface area contributed by atoms with Gasteiger partial charge >= 0.3 is 5.97 Å². The SMILES string of the molecule is COCCOCCOCC(=O)N[C@@H](Cc1c[nH]cn1)C(=O)O. The van der Waals surface area contributed by atoms with Crippen LogP contribution in [0.15, 0.2) is 12.5 Å². The third-order valence-corrected chi connectivity index (χ3v) is 2.64. The van der Waals surface area contributed by atoms with E-state index in [2.05, 4.69) is 15.3 Å². The average molecular weight is 315 g/mol. The molecule has 1 aromatic heterocycles. The molecule has 1 atom stereocenters. The van der Waals surface area contributed by atoms with Gasteiger partial charge in [0.15, 0.2) is 0 Å². The smallest absolute Gasteiger partial charge is 0.326 e. The van der Waals surface area contributed by atoms with E-state index in [1.54, 1.807) is 13.3 Å². The highest BCUT2D eigenvalue weighted by Gasteiger charge is 2.21. The number of aromatic amines is 1. The summed E-state index contributed by atoms with van der Waals surface area (Å²) in [6.45, 7) is 1.31. The molecule has 0 saturated carbocycles. The van der Waals surface area contributed by atoms with Crippen molar-refractivity contribution in [2.45, 2.75) is 12.5 Å². The highest BCUT2D eigenvalue weighted by Crippen LogP contribution is 1.99. The zero-order valence-electron chi connectivity index (χ0n) is 12.4. The normalized spacial score (nSPS) is 12.0. The Morgan fingerprint density at radius 2 is 2.05 bits per heavy atom. The van der Waals surface area contributed by atoms with E-state index in [0.717, 1.165) is 0 Å². The molecule has 0 aliphatic heterocycles. The molecule has 0 aromatic carbocycles. The molecule has 0 aliphatic carbocycles. The van der Waals surface area contributed by atoms with Crippen molar-refractivity contribution in [2.24, 2.45) is 0 Å². The van der Waals surface area contributed by atoms with Gasteiger partial charge in [0.05, 0.1) is 38.4 Å². The highest BCUT2D eigenvalue weighted by molar-refractivity contribution is 5.84. The number of amides is 1. The van der Waals surface area contributed by atoms with E-state index < -0.39 is 17.9 Å². The number of carboxylic acid groups (broad SMARTS) is 1. The van der Waals surface area contributed by atoms with Gasteiger partial charge in [0.25, 0.3) is 0 Å². The molecule has 9 heteroatoms. The Balaban J connectivity index is 2.19. The Morgan fingerprint density at radius 3 is 2.68 bits per heavy atom. The maximum atomic E-state index is 11.6. The third-order valence-electron chi connectivity index (χ3n) is 2.64. The number of hydrogen-bond acceptors (Lipinski definition) is 6. The maximum Gasteiger partial charge on any atom is 0.326 e. The topological polar surface area (TPSA) is 123 Å². The molecule has 124 valence electrons. The van der Waals surface area contributed by atoms with Crippen LogP contribution in [-0.4, -0.2) is 73.1 Å². The fraction of sp³-hybridized carbons (Fsp3) is 0.615. The van der Waals surface area contributed by atoms with Gasteiger partial charge in [-0.15, -0.1) is 0 Å². The number of carbonyl (C=O) groups excluding carboxylic acids is 1. The monoisotopic (exact) mass is 315 g/mol. The van der Waals surface area contributed by atoms with Gasteiger partial charge in [0, 0.05) is 19.7 Å². The summed E-state index contributed by atoms with van der Waals surface area (Å²) >= 11 is 0. The van der Waals surface area contributed by atoms with E-state index in [1.165, 1.54) is 6.33 Å². The first-order valence-corrected chi connectivity index (χ1v) is 6.77. The summed E-state index contributed by atoms with van der Waals surface area (Å²) in [5, 5.41) is 11.5. The van der Waals surface area contributed by atoms with Gasteiger partial charge in [-0.2, -0.15) is 0 Å². The molecule has 1 rings (SSSR count). The summed E-state index contributed by atoms with van der Waals surface area (Å²) in [5.41, 5.74) is 0.556. The van der Waals surface area contributed by atoms with Crippen molar-refractivity contribution in [3.05, 3.63) is 18.2 Å². The second kappa shape index (κ2) is 10.7. The lowest BCUT2D eigenvalue weighted by Crippen LogP contribution is -2.44. The number of nitrogens with zero attached hydrogens (tertiary/aromatic N) is 1. The summed E-state index contributed by atoms with van der Waals surface area (Å²) in [6, 6.07) is -1.04. The molecule has 1 heterocycles. The van der Waals surface area contributed by atoms with Gasteiger partial charge in [0.2, 0.25) is 5.91 Å². The van der Waals surface area contributed by atoms with Crippen LogP contribution in [-0.2, 0) is 30.2 Å². The van der Waals surface area contributed by atoms with Crippen LogP contribution < -0.4 is 5.32 Å². The number of nitrogens with one attached hydrogen (secondary N) is 2. The molecule has 0 aliphatic rings. The molecule has 22 heavy (non-hydrogen) atoms. The van der Waals surface area contributed by atoms with Crippen molar-refractivity contribution in [3.8, 4) is 0 Å². The van der Waals surface area contributed by atoms with Gasteiger partial charge in [-0.05, 0) is 0 Å². The zero-order valence-corrected chi connectivity index (χ0v) is 12.4. The number of aliphatic carboxylic acids is 1. The Hall–Kier alpha value is -1.97. The second-order valence-corrected chi connectivity index (χ2v) is 4.38. The average Bonchev–Trinajstić information content (AvgIpc) is 2.98. The van der Waals surface area contributed by atoms with E-state index in [1.807, 2.05) is 0 Å².